The number of carbonyl (C=O) groups is 2. The van der Waals surface area contributed by atoms with E-state index >= 15 is 0 Å². The molecule has 1 fully saturated rings. The van der Waals surface area contributed by atoms with Gasteiger partial charge in [0.05, 0.1) is 6.54 Å². The molecule has 2 aliphatic rings. The first-order chi connectivity index (χ1) is 13.6. The lowest BCUT2D eigenvalue weighted by molar-refractivity contribution is -0.137. The van der Waals surface area contributed by atoms with Crippen molar-refractivity contribution < 1.29 is 28.5 Å². The third kappa shape index (κ3) is 4.45. The van der Waals surface area contributed by atoms with Crippen LogP contribution in [-0.2, 0) is 27.1 Å². The van der Waals surface area contributed by atoms with Crippen LogP contribution in [-0.4, -0.2) is 56.6 Å². The molecule has 0 amide bonds. The summed E-state index contributed by atoms with van der Waals surface area (Å²) in [5, 5.41) is 0. The molecule has 0 bridgehead atoms. The van der Waals surface area contributed by atoms with E-state index in [9.17, 15) is 9.59 Å². The van der Waals surface area contributed by atoms with Crippen LogP contribution in [0.3, 0.4) is 0 Å². The van der Waals surface area contributed by atoms with E-state index in [1.165, 1.54) is 25.5 Å². The van der Waals surface area contributed by atoms with Crippen molar-refractivity contribution in [1.29, 1.82) is 0 Å². The molecular formula is C20H28N2O6. The van der Waals surface area contributed by atoms with Crippen LogP contribution in [0.15, 0.2) is 12.1 Å². The largest absolute Gasteiger partial charge is 0.521 e. The van der Waals surface area contributed by atoms with E-state index in [2.05, 4.69) is 16.6 Å². The maximum atomic E-state index is 11.9. The zero-order valence-corrected chi connectivity index (χ0v) is 16.4. The number of benzene rings is 1. The van der Waals surface area contributed by atoms with E-state index in [0.717, 1.165) is 31.5 Å². The Morgan fingerprint density at radius 2 is 2.11 bits per heavy atom. The van der Waals surface area contributed by atoms with Crippen LogP contribution in [0.5, 0.6) is 11.5 Å². The van der Waals surface area contributed by atoms with Gasteiger partial charge < -0.3 is 29.6 Å². The van der Waals surface area contributed by atoms with Crippen molar-refractivity contribution in [3.63, 3.8) is 0 Å². The van der Waals surface area contributed by atoms with Crippen molar-refractivity contribution in [3.05, 3.63) is 23.3 Å². The van der Waals surface area contributed by atoms with Crippen LogP contribution in [0.1, 0.15) is 30.9 Å². The van der Waals surface area contributed by atoms with Crippen molar-refractivity contribution in [2.75, 3.05) is 33.5 Å². The first-order valence-corrected chi connectivity index (χ1v) is 9.70. The number of hydrogen-bond acceptors (Lipinski definition) is 8. The van der Waals surface area contributed by atoms with Gasteiger partial charge in [-0.1, -0.05) is 13.0 Å². The predicted molar refractivity (Wildman–Crippen MR) is 101 cm³/mol. The molecule has 0 spiro atoms. The Kier molecular flexibility index (Phi) is 6.88. The lowest BCUT2D eigenvalue weighted by Crippen LogP contribution is -2.49. The topological polar surface area (TPSA) is 100 Å². The second-order valence-corrected chi connectivity index (χ2v) is 7.12. The number of likely N-dealkylation sites (tertiary alicyclic amines) is 1. The van der Waals surface area contributed by atoms with Gasteiger partial charge in [0.25, 0.3) is 0 Å². The van der Waals surface area contributed by atoms with Gasteiger partial charge >= 0.3 is 12.1 Å². The SMILES string of the molecule is CCN1CCC[C@@H]2Cc3c(ccc(OC(=O)OC(=O)CN)c3OCOC)C[C@H]21. The van der Waals surface area contributed by atoms with Gasteiger partial charge in [0.15, 0.2) is 18.3 Å². The van der Waals surface area contributed by atoms with Crippen LogP contribution in [0.2, 0.25) is 0 Å². The molecule has 0 saturated carbocycles. The second kappa shape index (κ2) is 9.36. The van der Waals surface area contributed by atoms with E-state index in [4.69, 9.17) is 19.9 Å². The number of rotatable bonds is 6. The minimum absolute atomic E-state index is 0.0266. The summed E-state index contributed by atoms with van der Waals surface area (Å²) in [5.41, 5.74) is 7.38. The minimum atomic E-state index is -1.12. The van der Waals surface area contributed by atoms with Gasteiger partial charge in [0, 0.05) is 18.7 Å². The molecule has 0 radical (unpaired) electrons. The molecule has 1 aromatic carbocycles. The highest BCUT2D eigenvalue weighted by Crippen LogP contribution is 2.42. The fourth-order valence-electron chi connectivity index (χ4n) is 4.29. The maximum Gasteiger partial charge on any atom is 0.521 e. The normalized spacial score (nSPS) is 21.4. The van der Waals surface area contributed by atoms with E-state index in [1.807, 2.05) is 6.07 Å². The lowest BCUT2D eigenvalue weighted by atomic mass is 9.75. The van der Waals surface area contributed by atoms with Gasteiger partial charge in [-0.05, 0) is 56.3 Å². The highest BCUT2D eigenvalue weighted by molar-refractivity contribution is 5.84. The molecule has 2 atom stereocenters. The Hall–Kier alpha value is -2.16. The van der Waals surface area contributed by atoms with E-state index in [0.29, 0.717) is 17.7 Å². The van der Waals surface area contributed by atoms with Crippen LogP contribution >= 0.6 is 0 Å². The van der Waals surface area contributed by atoms with Gasteiger partial charge in [0.2, 0.25) is 0 Å². The van der Waals surface area contributed by atoms with Gasteiger partial charge in [0.1, 0.15) is 0 Å². The molecule has 1 aliphatic heterocycles. The Balaban J connectivity index is 1.87. The average Bonchev–Trinajstić information content (AvgIpc) is 2.70. The quantitative estimate of drug-likeness (QED) is 0.339. The van der Waals surface area contributed by atoms with Crippen molar-refractivity contribution in [2.45, 2.75) is 38.6 Å². The molecule has 0 unspecified atom stereocenters. The number of carbonyl (C=O) groups excluding carboxylic acids is 2. The second-order valence-electron chi connectivity index (χ2n) is 7.12. The smallest absolute Gasteiger partial charge is 0.463 e. The summed E-state index contributed by atoms with van der Waals surface area (Å²) in [4.78, 5) is 25.6. The third-order valence-electron chi connectivity index (χ3n) is 5.53. The fourth-order valence-corrected chi connectivity index (χ4v) is 4.29. The molecule has 1 aliphatic carbocycles. The molecule has 1 saturated heterocycles. The fraction of sp³-hybridized carbons (Fsp3) is 0.600. The summed E-state index contributed by atoms with van der Waals surface area (Å²) in [6.45, 7) is 4.02. The van der Waals surface area contributed by atoms with Gasteiger partial charge in [-0.2, -0.15) is 0 Å². The molecular weight excluding hydrogens is 364 g/mol. The van der Waals surface area contributed by atoms with Gasteiger partial charge in [-0.15, -0.1) is 0 Å². The van der Waals surface area contributed by atoms with Crippen molar-refractivity contribution in [3.8, 4) is 11.5 Å². The standard InChI is InChI=1S/C20H28N2O6/c1-3-22-8-4-5-14-9-15-13(10-16(14)22)6-7-17(19(15)26-12-25-2)27-20(24)28-18(23)11-21/h6-7,14,16H,3-5,8-12,21H2,1-2H3/t14-,16-/m1/s1. The van der Waals surface area contributed by atoms with Crippen molar-refractivity contribution in [1.82, 2.24) is 4.90 Å². The van der Waals surface area contributed by atoms with Gasteiger partial charge in [-0.25, -0.2) is 4.79 Å². The molecule has 1 aromatic rings. The Morgan fingerprint density at radius 1 is 1.29 bits per heavy atom. The number of ether oxygens (including phenoxy) is 4. The van der Waals surface area contributed by atoms with E-state index in [1.54, 1.807) is 6.07 Å². The molecule has 8 heteroatoms. The van der Waals surface area contributed by atoms with Crippen LogP contribution in [0.25, 0.3) is 0 Å². The first-order valence-electron chi connectivity index (χ1n) is 9.70. The Labute approximate surface area is 164 Å². The average molecular weight is 392 g/mol. The molecule has 0 aromatic heterocycles. The molecule has 3 rings (SSSR count). The van der Waals surface area contributed by atoms with Crippen LogP contribution in [0, 0.1) is 5.92 Å². The molecule has 2 N–H and O–H groups in total. The number of nitrogens with zero attached hydrogens (tertiary/aromatic N) is 1. The highest BCUT2D eigenvalue weighted by Gasteiger charge is 2.37. The van der Waals surface area contributed by atoms with Crippen LogP contribution < -0.4 is 15.2 Å². The highest BCUT2D eigenvalue weighted by atomic mass is 16.7. The predicted octanol–water partition coefficient (Wildman–Crippen LogP) is 1.87. The maximum absolute atomic E-state index is 11.9. The molecule has 28 heavy (non-hydrogen) atoms. The first kappa shape index (κ1) is 20.6. The summed E-state index contributed by atoms with van der Waals surface area (Å²) >= 11 is 0. The van der Waals surface area contributed by atoms with Crippen molar-refractivity contribution in [2.24, 2.45) is 11.7 Å². The molecule has 8 nitrogen and oxygen atoms in total. The summed E-state index contributed by atoms with van der Waals surface area (Å²) < 4.78 is 20.6. The number of methoxy groups -OCH3 is 1. The van der Waals surface area contributed by atoms with E-state index < -0.39 is 18.7 Å². The number of hydrogen-bond donors (Lipinski definition) is 1. The number of piperidine rings is 1. The summed E-state index contributed by atoms with van der Waals surface area (Å²) in [6.07, 6.45) is 3.02. The zero-order chi connectivity index (χ0) is 20.1. The van der Waals surface area contributed by atoms with Gasteiger partial charge in [-0.3, -0.25) is 4.79 Å². The number of esters is 1. The Morgan fingerprint density at radius 3 is 2.82 bits per heavy atom. The third-order valence-corrected chi connectivity index (χ3v) is 5.53. The lowest BCUT2D eigenvalue weighted by Gasteiger charge is -2.44. The van der Waals surface area contributed by atoms with Crippen molar-refractivity contribution >= 4 is 12.1 Å². The monoisotopic (exact) mass is 392 g/mol. The van der Waals surface area contributed by atoms with E-state index in [-0.39, 0.29) is 12.5 Å². The summed E-state index contributed by atoms with van der Waals surface area (Å²) in [7, 11) is 1.53. The number of fused-ring (bicyclic) bond motifs is 2. The number of nitrogens with two attached hydrogens (primary N) is 1. The summed E-state index contributed by atoms with van der Waals surface area (Å²) in [6, 6.07) is 4.17. The number of likely N-dealkylation sites (N-methyl/N-ethyl adjacent to an activating group) is 1. The zero-order valence-electron chi connectivity index (χ0n) is 16.4. The van der Waals surface area contributed by atoms with Crippen LogP contribution in [0.4, 0.5) is 4.79 Å². The molecule has 1 heterocycles. The minimum Gasteiger partial charge on any atom is -0.463 e. The Bertz CT molecular complexity index is 723. The summed E-state index contributed by atoms with van der Waals surface area (Å²) in [5.74, 6) is 0.370. The molecule has 154 valence electrons.